The Labute approximate surface area is 111 Å². The van der Waals surface area contributed by atoms with Gasteiger partial charge in [0.2, 0.25) is 0 Å². The van der Waals surface area contributed by atoms with Crippen LogP contribution in [-0.4, -0.2) is 25.0 Å². The van der Waals surface area contributed by atoms with E-state index in [0.717, 1.165) is 31.3 Å². The van der Waals surface area contributed by atoms with E-state index in [0.29, 0.717) is 0 Å². The molecule has 1 heterocycles. The first kappa shape index (κ1) is 13.6. The van der Waals surface area contributed by atoms with Crippen LogP contribution < -0.4 is 5.32 Å². The van der Waals surface area contributed by atoms with Gasteiger partial charge in [-0.25, -0.2) is 0 Å². The molecule has 3 nitrogen and oxygen atoms in total. The lowest BCUT2D eigenvalue weighted by Crippen LogP contribution is -2.24. The molecule has 0 radical (unpaired) electrons. The lowest BCUT2D eigenvalue weighted by molar-refractivity contribution is 0.250. The van der Waals surface area contributed by atoms with Crippen molar-refractivity contribution in [2.24, 2.45) is 5.92 Å². The van der Waals surface area contributed by atoms with Gasteiger partial charge in [-0.1, -0.05) is 19.8 Å². The van der Waals surface area contributed by atoms with Crippen LogP contribution in [0.25, 0.3) is 0 Å². The van der Waals surface area contributed by atoms with E-state index in [1.807, 2.05) is 6.26 Å². The third-order valence-corrected chi connectivity index (χ3v) is 3.86. The van der Waals surface area contributed by atoms with Crippen molar-refractivity contribution in [2.75, 3.05) is 20.1 Å². The topological polar surface area (TPSA) is 28.4 Å². The summed E-state index contributed by atoms with van der Waals surface area (Å²) >= 11 is 0. The minimum absolute atomic E-state index is 0.905. The van der Waals surface area contributed by atoms with Gasteiger partial charge >= 0.3 is 0 Å². The van der Waals surface area contributed by atoms with Crippen molar-refractivity contribution in [3.05, 3.63) is 23.7 Å². The lowest BCUT2D eigenvalue weighted by Gasteiger charge is -2.20. The zero-order valence-corrected chi connectivity index (χ0v) is 11.7. The third-order valence-electron chi connectivity index (χ3n) is 3.86. The Morgan fingerprint density at radius 2 is 2.17 bits per heavy atom. The van der Waals surface area contributed by atoms with E-state index in [4.69, 9.17) is 4.42 Å². The van der Waals surface area contributed by atoms with Crippen molar-refractivity contribution >= 4 is 0 Å². The standard InChI is InChI=1S/C15H26N2O/c1-3-16-10-14-8-9-18-15(14)12-17(2)11-13-6-4-5-7-13/h8-9,13,16H,3-7,10-12H2,1-2H3. The summed E-state index contributed by atoms with van der Waals surface area (Å²) in [5, 5.41) is 3.36. The molecule has 18 heavy (non-hydrogen) atoms. The Morgan fingerprint density at radius 3 is 2.89 bits per heavy atom. The Morgan fingerprint density at radius 1 is 1.39 bits per heavy atom. The van der Waals surface area contributed by atoms with Gasteiger partial charge in [-0.3, -0.25) is 4.90 Å². The number of nitrogens with zero attached hydrogens (tertiary/aromatic N) is 1. The molecule has 0 spiro atoms. The second kappa shape index (κ2) is 6.95. The molecule has 1 aromatic rings. The zero-order valence-electron chi connectivity index (χ0n) is 11.7. The zero-order chi connectivity index (χ0) is 12.8. The van der Waals surface area contributed by atoms with Crippen molar-refractivity contribution < 1.29 is 4.42 Å². The van der Waals surface area contributed by atoms with Crippen molar-refractivity contribution in [1.82, 2.24) is 10.2 Å². The molecule has 0 bridgehead atoms. The Bertz CT molecular complexity index is 342. The number of hydrogen-bond acceptors (Lipinski definition) is 3. The molecular weight excluding hydrogens is 224 g/mol. The maximum absolute atomic E-state index is 5.62. The molecule has 1 aliphatic rings. The highest BCUT2D eigenvalue weighted by molar-refractivity contribution is 5.16. The smallest absolute Gasteiger partial charge is 0.122 e. The molecule has 0 saturated heterocycles. The number of furan rings is 1. The minimum atomic E-state index is 0.905. The van der Waals surface area contributed by atoms with Gasteiger partial charge in [0.05, 0.1) is 12.8 Å². The van der Waals surface area contributed by atoms with Gasteiger partial charge in [0.15, 0.2) is 0 Å². The normalized spacial score (nSPS) is 16.8. The van der Waals surface area contributed by atoms with Gasteiger partial charge in [0.25, 0.3) is 0 Å². The third kappa shape index (κ3) is 3.85. The highest BCUT2D eigenvalue weighted by atomic mass is 16.3. The maximum atomic E-state index is 5.62. The van der Waals surface area contributed by atoms with E-state index in [9.17, 15) is 0 Å². The van der Waals surface area contributed by atoms with Gasteiger partial charge in [-0.15, -0.1) is 0 Å². The van der Waals surface area contributed by atoms with Gasteiger partial charge in [-0.05, 0) is 38.4 Å². The summed E-state index contributed by atoms with van der Waals surface area (Å²) in [5.41, 5.74) is 1.30. The monoisotopic (exact) mass is 250 g/mol. The Balaban J connectivity index is 1.81. The van der Waals surface area contributed by atoms with Crippen molar-refractivity contribution in [1.29, 1.82) is 0 Å². The molecule has 102 valence electrons. The molecule has 1 fully saturated rings. The van der Waals surface area contributed by atoms with E-state index in [2.05, 4.69) is 30.3 Å². The molecule has 0 aliphatic heterocycles. The highest BCUT2D eigenvalue weighted by Gasteiger charge is 2.18. The summed E-state index contributed by atoms with van der Waals surface area (Å²) in [6.45, 7) is 6.19. The molecule has 1 aliphatic carbocycles. The molecule has 0 unspecified atom stereocenters. The van der Waals surface area contributed by atoms with Crippen LogP contribution in [0.4, 0.5) is 0 Å². The average molecular weight is 250 g/mol. The number of nitrogens with one attached hydrogen (secondary N) is 1. The summed E-state index contributed by atoms with van der Waals surface area (Å²) in [4.78, 5) is 2.41. The fraction of sp³-hybridized carbons (Fsp3) is 0.733. The van der Waals surface area contributed by atoms with Crippen LogP contribution >= 0.6 is 0 Å². The molecule has 3 heteroatoms. The van der Waals surface area contributed by atoms with Crippen LogP contribution in [-0.2, 0) is 13.1 Å². The lowest BCUT2D eigenvalue weighted by atomic mass is 10.1. The largest absolute Gasteiger partial charge is 0.468 e. The van der Waals surface area contributed by atoms with Gasteiger partial charge in [-0.2, -0.15) is 0 Å². The fourth-order valence-electron chi connectivity index (χ4n) is 2.87. The summed E-state index contributed by atoms with van der Waals surface area (Å²) in [6, 6.07) is 2.08. The predicted molar refractivity (Wildman–Crippen MR) is 74.4 cm³/mol. The summed E-state index contributed by atoms with van der Waals surface area (Å²) in [6.07, 6.45) is 7.47. The number of rotatable bonds is 7. The maximum Gasteiger partial charge on any atom is 0.122 e. The Kier molecular flexibility index (Phi) is 5.26. The summed E-state index contributed by atoms with van der Waals surface area (Å²) < 4.78 is 5.62. The van der Waals surface area contributed by atoms with Crippen LogP contribution in [0.1, 0.15) is 43.9 Å². The molecule has 0 aromatic carbocycles. The van der Waals surface area contributed by atoms with Crippen molar-refractivity contribution in [3.63, 3.8) is 0 Å². The van der Waals surface area contributed by atoms with Crippen LogP contribution in [0, 0.1) is 5.92 Å². The molecule has 2 rings (SSSR count). The van der Waals surface area contributed by atoms with E-state index in [1.54, 1.807) is 0 Å². The van der Waals surface area contributed by atoms with E-state index in [-0.39, 0.29) is 0 Å². The first-order valence-corrected chi connectivity index (χ1v) is 7.24. The number of hydrogen-bond donors (Lipinski definition) is 1. The average Bonchev–Trinajstić information content (AvgIpc) is 2.98. The van der Waals surface area contributed by atoms with E-state index in [1.165, 1.54) is 37.8 Å². The van der Waals surface area contributed by atoms with Gasteiger partial charge in [0, 0.05) is 18.7 Å². The quantitative estimate of drug-likeness (QED) is 0.806. The van der Waals surface area contributed by atoms with Crippen LogP contribution in [0.2, 0.25) is 0 Å². The molecule has 0 amide bonds. The van der Waals surface area contributed by atoms with Crippen LogP contribution in [0.3, 0.4) is 0 Å². The first-order valence-electron chi connectivity index (χ1n) is 7.24. The van der Waals surface area contributed by atoms with Crippen LogP contribution in [0.5, 0.6) is 0 Å². The van der Waals surface area contributed by atoms with Crippen LogP contribution in [0.15, 0.2) is 16.7 Å². The molecule has 1 aromatic heterocycles. The molecule has 0 atom stereocenters. The van der Waals surface area contributed by atoms with Crippen molar-refractivity contribution in [2.45, 2.75) is 45.7 Å². The van der Waals surface area contributed by atoms with Gasteiger partial charge < -0.3 is 9.73 Å². The minimum Gasteiger partial charge on any atom is -0.468 e. The van der Waals surface area contributed by atoms with E-state index < -0.39 is 0 Å². The SMILES string of the molecule is CCNCc1ccoc1CN(C)CC1CCCC1. The van der Waals surface area contributed by atoms with Gasteiger partial charge in [0.1, 0.15) is 5.76 Å². The molecule has 1 saturated carbocycles. The first-order chi connectivity index (χ1) is 8.79. The summed E-state index contributed by atoms with van der Waals surface area (Å²) in [7, 11) is 2.21. The van der Waals surface area contributed by atoms with E-state index >= 15 is 0 Å². The highest BCUT2D eigenvalue weighted by Crippen LogP contribution is 2.25. The molecule has 1 N–H and O–H groups in total. The molecular formula is C15H26N2O. The summed E-state index contributed by atoms with van der Waals surface area (Å²) in [5.74, 6) is 2.03. The van der Waals surface area contributed by atoms with Crippen molar-refractivity contribution in [3.8, 4) is 0 Å². The Hall–Kier alpha value is -0.800. The second-order valence-electron chi connectivity index (χ2n) is 5.50. The second-order valence-corrected chi connectivity index (χ2v) is 5.50. The fourth-order valence-corrected chi connectivity index (χ4v) is 2.87. The predicted octanol–water partition coefficient (Wildman–Crippen LogP) is 3.01.